The van der Waals surface area contributed by atoms with Crippen LogP contribution in [0.25, 0.3) is 0 Å². The van der Waals surface area contributed by atoms with Crippen LogP contribution in [0, 0.1) is 23.5 Å². The number of Topliss-reactive ketones (excluding diaryl/α,β-unsaturated/α-hetero) is 1. The first-order chi connectivity index (χ1) is 15.4. The Labute approximate surface area is 189 Å². The summed E-state index contributed by atoms with van der Waals surface area (Å²) in [6.45, 7) is 1.06. The average molecular weight is 459 g/mol. The molecule has 0 aliphatic carbocycles. The van der Waals surface area contributed by atoms with Crippen LogP contribution in [-0.2, 0) is 9.59 Å². The maximum atomic E-state index is 14.0. The number of carbonyl (C=O) groups excluding carboxylic acids is 3. The van der Waals surface area contributed by atoms with Gasteiger partial charge in [0.15, 0.2) is 5.78 Å². The average Bonchev–Trinajstić information content (AvgIpc) is 3.21. The van der Waals surface area contributed by atoms with Crippen molar-refractivity contribution >= 4 is 35.0 Å². The van der Waals surface area contributed by atoms with Gasteiger partial charge in [-0.05, 0) is 61.6 Å². The SMILES string of the molecule is CSc1ccc(N2CC(C(=O)N3CCC(C(=O)c4cc(F)ccc4F)CC3)CC2=O)cc1. The van der Waals surface area contributed by atoms with E-state index in [0.29, 0.717) is 32.5 Å². The van der Waals surface area contributed by atoms with E-state index in [4.69, 9.17) is 0 Å². The molecule has 2 saturated heterocycles. The molecule has 0 aromatic heterocycles. The first-order valence-electron chi connectivity index (χ1n) is 10.6. The fourth-order valence-corrected chi connectivity index (χ4v) is 4.82. The number of benzene rings is 2. The van der Waals surface area contributed by atoms with Gasteiger partial charge in [-0.2, -0.15) is 0 Å². The Hall–Kier alpha value is -2.74. The topological polar surface area (TPSA) is 57.7 Å². The number of ketones is 1. The third-order valence-electron chi connectivity index (χ3n) is 6.23. The summed E-state index contributed by atoms with van der Waals surface area (Å²) in [5, 5.41) is 0. The molecule has 2 aromatic carbocycles. The van der Waals surface area contributed by atoms with Crippen LogP contribution in [0.3, 0.4) is 0 Å². The number of halogens is 2. The molecule has 168 valence electrons. The van der Waals surface area contributed by atoms with E-state index in [-0.39, 0.29) is 23.8 Å². The molecule has 1 atom stereocenters. The number of piperidine rings is 1. The van der Waals surface area contributed by atoms with Crippen LogP contribution in [0.1, 0.15) is 29.6 Å². The summed E-state index contributed by atoms with van der Waals surface area (Å²) in [7, 11) is 0. The smallest absolute Gasteiger partial charge is 0.228 e. The minimum absolute atomic E-state index is 0.0769. The number of nitrogens with zero attached hydrogens (tertiary/aromatic N) is 2. The van der Waals surface area contributed by atoms with Gasteiger partial charge in [0.1, 0.15) is 11.6 Å². The highest BCUT2D eigenvalue weighted by molar-refractivity contribution is 7.98. The van der Waals surface area contributed by atoms with Crippen molar-refractivity contribution in [3.05, 3.63) is 59.7 Å². The van der Waals surface area contributed by atoms with Crippen molar-refractivity contribution in [1.82, 2.24) is 4.90 Å². The van der Waals surface area contributed by atoms with Crippen molar-refractivity contribution in [1.29, 1.82) is 0 Å². The van der Waals surface area contributed by atoms with E-state index in [0.717, 1.165) is 28.8 Å². The lowest BCUT2D eigenvalue weighted by Gasteiger charge is -2.33. The molecule has 1 unspecified atom stereocenters. The van der Waals surface area contributed by atoms with E-state index < -0.39 is 29.3 Å². The first kappa shape index (κ1) is 22.5. The molecule has 0 spiro atoms. The van der Waals surface area contributed by atoms with Crippen LogP contribution in [0.2, 0.25) is 0 Å². The number of thioether (sulfide) groups is 1. The van der Waals surface area contributed by atoms with E-state index in [9.17, 15) is 23.2 Å². The first-order valence-corrected chi connectivity index (χ1v) is 11.8. The van der Waals surface area contributed by atoms with Crippen molar-refractivity contribution in [2.24, 2.45) is 11.8 Å². The lowest BCUT2D eigenvalue weighted by molar-refractivity contribution is -0.137. The third-order valence-corrected chi connectivity index (χ3v) is 6.97. The van der Waals surface area contributed by atoms with Crippen molar-refractivity contribution in [3.63, 3.8) is 0 Å². The summed E-state index contributed by atoms with van der Waals surface area (Å²) in [5.41, 5.74) is 0.545. The molecule has 0 N–H and O–H groups in total. The molecule has 2 amide bonds. The number of rotatable bonds is 5. The molecule has 0 saturated carbocycles. The van der Waals surface area contributed by atoms with E-state index in [1.54, 1.807) is 21.6 Å². The number of hydrogen-bond acceptors (Lipinski definition) is 4. The van der Waals surface area contributed by atoms with Gasteiger partial charge in [0.25, 0.3) is 0 Å². The highest BCUT2D eigenvalue weighted by atomic mass is 32.2. The summed E-state index contributed by atoms with van der Waals surface area (Å²) in [5.74, 6) is -2.85. The third kappa shape index (κ3) is 4.55. The molecule has 2 aromatic rings. The molecule has 2 aliphatic heterocycles. The van der Waals surface area contributed by atoms with Crippen LogP contribution >= 0.6 is 11.8 Å². The normalized spacial score (nSPS) is 19.5. The zero-order valence-corrected chi connectivity index (χ0v) is 18.5. The van der Waals surface area contributed by atoms with E-state index in [2.05, 4.69) is 0 Å². The molecule has 0 radical (unpaired) electrons. The summed E-state index contributed by atoms with van der Waals surface area (Å²) >= 11 is 1.62. The maximum absolute atomic E-state index is 14.0. The summed E-state index contributed by atoms with van der Waals surface area (Å²) in [4.78, 5) is 42.6. The molecule has 4 rings (SSSR count). The zero-order valence-electron chi connectivity index (χ0n) is 17.7. The van der Waals surface area contributed by atoms with Crippen LogP contribution in [0.4, 0.5) is 14.5 Å². The highest BCUT2D eigenvalue weighted by Crippen LogP contribution is 2.30. The van der Waals surface area contributed by atoms with Crippen LogP contribution < -0.4 is 4.90 Å². The molecule has 8 heteroatoms. The second-order valence-corrected chi connectivity index (χ2v) is 9.07. The van der Waals surface area contributed by atoms with Gasteiger partial charge < -0.3 is 9.80 Å². The molecule has 2 fully saturated rings. The van der Waals surface area contributed by atoms with Crippen molar-refractivity contribution in [3.8, 4) is 0 Å². The largest absolute Gasteiger partial charge is 0.342 e. The predicted octanol–water partition coefficient (Wildman–Crippen LogP) is 4.16. The lowest BCUT2D eigenvalue weighted by Crippen LogP contribution is -2.43. The lowest BCUT2D eigenvalue weighted by atomic mass is 9.88. The fraction of sp³-hybridized carbons (Fsp3) is 0.375. The maximum Gasteiger partial charge on any atom is 0.228 e. The molecule has 5 nitrogen and oxygen atoms in total. The predicted molar refractivity (Wildman–Crippen MR) is 119 cm³/mol. The Kier molecular flexibility index (Phi) is 6.60. The Morgan fingerprint density at radius 2 is 1.69 bits per heavy atom. The molecule has 32 heavy (non-hydrogen) atoms. The van der Waals surface area contributed by atoms with Gasteiger partial charge in [0.2, 0.25) is 11.8 Å². The Bertz CT molecular complexity index is 1040. The summed E-state index contributed by atoms with van der Waals surface area (Å²) < 4.78 is 27.4. The monoisotopic (exact) mass is 458 g/mol. The minimum Gasteiger partial charge on any atom is -0.342 e. The number of anilines is 1. The van der Waals surface area contributed by atoms with Gasteiger partial charge in [-0.1, -0.05) is 0 Å². The Morgan fingerprint density at radius 3 is 2.34 bits per heavy atom. The summed E-state index contributed by atoms with van der Waals surface area (Å²) in [6, 6.07) is 10.5. The standard InChI is InChI=1S/C24H24F2N2O3S/c1-32-19-5-3-18(4-6-19)28-14-16(12-22(28)29)24(31)27-10-8-15(9-11-27)23(30)20-13-17(25)2-7-21(20)26/h2-7,13,15-16H,8-12,14H2,1H3. The second kappa shape index (κ2) is 9.40. The highest BCUT2D eigenvalue weighted by Gasteiger charge is 2.39. The number of hydrogen-bond donors (Lipinski definition) is 0. The van der Waals surface area contributed by atoms with Gasteiger partial charge in [-0.3, -0.25) is 14.4 Å². The zero-order chi connectivity index (χ0) is 22.8. The minimum atomic E-state index is -0.731. The van der Waals surface area contributed by atoms with Crippen LogP contribution in [0.15, 0.2) is 47.4 Å². The van der Waals surface area contributed by atoms with Gasteiger partial charge >= 0.3 is 0 Å². The van der Waals surface area contributed by atoms with Gasteiger partial charge in [0, 0.05) is 42.6 Å². The van der Waals surface area contributed by atoms with Crippen molar-refractivity contribution in [2.75, 3.05) is 30.8 Å². The Morgan fingerprint density at radius 1 is 1.00 bits per heavy atom. The Balaban J connectivity index is 1.35. The number of likely N-dealkylation sites (tertiary alicyclic amines) is 1. The van der Waals surface area contributed by atoms with Crippen molar-refractivity contribution < 1.29 is 23.2 Å². The van der Waals surface area contributed by atoms with Crippen LogP contribution in [0.5, 0.6) is 0 Å². The van der Waals surface area contributed by atoms with Gasteiger partial charge in [-0.15, -0.1) is 11.8 Å². The van der Waals surface area contributed by atoms with E-state index in [1.165, 1.54) is 0 Å². The van der Waals surface area contributed by atoms with E-state index >= 15 is 0 Å². The molecule has 2 heterocycles. The van der Waals surface area contributed by atoms with Gasteiger partial charge in [0.05, 0.1) is 11.5 Å². The number of amides is 2. The fourth-order valence-electron chi connectivity index (χ4n) is 4.41. The molecule has 0 bridgehead atoms. The molecular weight excluding hydrogens is 434 g/mol. The number of carbonyl (C=O) groups is 3. The second-order valence-electron chi connectivity index (χ2n) is 8.19. The quantitative estimate of drug-likeness (QED) is 0.499. The molecule has 2 aliphatic rings. The molecular formula is C24H24F2N2O3S. The summed E-state index contributed by atoms with van der Waals surface area (Å²) in [6.07, 6.45) is 2.93. The van der Waals surface area contributed by atoms with Crippen molar-refractivity contribution in [2.45, 2.75) is 24.2 Å². The van der Waals surface area contributed by atoms with E-state index in [1.807, 2.05) is 30.5 Å². The van der Waals surface area contributed by atoms with Gasteiger partial charge in [-0.25, -0.2) is 8.78 Å². The van der Waals surface area contributed by atoms with Crippen LogP contribution in [-0.4, -0.2) is 48.4 Å².